The summed E-state index contributed by atoms with van der Waals surface area (Å²) in [5, 5.41) is 3.84. The molecule has 0 amide bonds. The number of piperazine rings is 1. The topological polar surface area (TPSA) is 15.3 Å². The number of nitrogens with zero attached hydrogens (tertiary/aromatic N) is 1. The molecule has 106 valence electrons. The Labute approximate surface area is 114 Å². The molecule has 2 unspecified atom stereocenters. The van der Waals surface area contributed by atoms with Gasteiger partial charge in [-0.2, -0.15) is 0 Å². The SMILES string of the molecule is CCCCN1CC(C(C)(C)C)NCC1(C)C1CC1. The Morgan fingerprint density at radius 1 is 1.28 bits per heavy atom. The largest absolute Gasteiger partial charge is 0.310 e. The summed E-state index contributed by atoms with van der Waals surface area (Å²) >= 11 is 0. The van der Waals surface area contributed by atoms with E-state index in [1.807, 2.05) is 0 Å². The van der Waals surface area contributed by atoms with E-state index >= 15 is 0 Å². The molecule has 1 aliphatic heterocycles. The van der Waals surface area contributed by atoms with Crippen molar-refractivity contribution in [3.8, 4) is 0 Å². The molecular formula is C16H32N2. The summed E-state index contributed by atoms with van der Waals surface area (Å²) in [5.74, 6) is 0.947. The van der Waals surface area contributed by atoms with Gasteiger partial charge in [0, 0.05) is 24.7 Å². The molecule has 2 heteroatoms. The zero-order valence-electron chi connectivity index (χ0n) is 13.1. The molecule has 2 aliphatic rings. The van der Waals surface area contributed by atoms with Crippen molar-refractivity contribution in [3.05, 3.63) is 0 Å². The minimum atomic E-state index is 0.370. The first-order valence-corrected chi connectivity index (χ1v) is 7.86. The monoisotopic (exact) mass is 252 g/mol. The highest BCUT2D eigenvalue weighted by Crippen LogP contribution is 2.44. The van der Waals surface area contributed by atoms with Crippen LogP contribution in [0.3, 0.4) is 0 Å². The number of hydrogen-bond donors (Lipinski definition) is 1. The summed E-state index contributed by atoms with van der Waals surface area (Å²) in [4.78, 5) is 2.81. The lowest BCUT2D eigenvalue weighted by molar-refractivity contribution is 0.00969. The second-order valence-electron chi connectivity index (χ2n) is 7.73. The summed E-state index contributed by atoms with van der Waals surface area (Å²) in [6, 6.07) is 0.640. The van der Waals surface area contributed by atoms with E-state index in [0.717, 1.165) is 5.92 Å². The normalized spacial score (nSPS) is 34.8. The highest BCUT2D eigenvalue weighted by molar-refractivity contribution is 5.06. The molecule has 1 N–H and O–H groups in total. The Morgan fingerprint density at radius 2 is 1.94 bits per heavy atom. The van der Waals surface area contributed by atoms with Crippen LogP contribution in [0.5, 0.6) is 0 Å². The van der Waals surface area contributed by atoms with Gasteiger partial charge in [0.2, 0.25) is 0 Å². The maximum absolute atomic E-state index is 3.84. The predicted molar refractivity (Wildman–Crippen MR) is 78.9 cm³/mol. The Hall–Kier alpha value is -0.0800. The standard InChI is InChI=1S/C16H32N2/c1-6-7-10-18-11-14(15(2,3)4)17-12-16(18,5)13-8-9-13/h13-14,17H,6-12H2,1-5H3. The van der Waals surface area contributed by atoms with Gasteiger partial charge in [0.05, 0.1) is 0 Å². The van der Waals surface area contributed by atoms with Crippen molar-refractivity contribution in [1.82, 2.24) is 10.2 Å². The molecule has 2 atom stereocenters. The van der Waals surface area contributed by atoms with Crippen molar-refractivity contribution < 1.29 is 0 Å². The number of hydrogen-bond acceptors (Lipinski definition) is 2. The molecular weight excluding hydrogens is 220 g/mol. The maximum atomic E-state index is 3.84. The smallest absolute Gasteiger partial charge is 0.0334 e. The fourth-order valence-corrected chi connectivity index (χ4v) is 3.32. The first-order valence-electron chi connectivity index (χ1n) is 7.86. The van der Waals surface area contributed by atoms with Crippen LogP contribution in [0.1, 0.15) is 60.3 Å². The minimum Gasteiger partial charge on any atom is -0.310 e. The van der Waals surface area contributed by atoms with Crippen LogP contribution in [0.2, 0.25) is 0 Å². The molecule has 1 aliphatic carbocycles. The van der Waals surface area contributed by atoms with E-state index in [1.165, 1.54) is 45.3 Å². The number of unbranched alkanes of at least 4 members (excludes halogenated alkanes) is 1. The molecule has 0 spiro atoms. The molecule has 0 aromatic carbocycles. The van der Waals surface area contributed by atoms with Crippen LogP contribution in [-0.4, -0.2) is 36.1 Å². The first-order chi connectivity index (χ1) is 8.38. The molecule has 1 saturated heterocycles. The van der Waals surface area contributed by atoms with Crippen molar-refractivity contribution >= 4 is 0 Å². The van der Waals surface area contributed by atoms with E-state index in [9.17, 15) is 0 Å². The molecule has 1 heterocycles. The van der Waals surface area contributed by atoms with Gasteiger partial charge in [-0.1, -0.05) is 34.1 Å². The summed E-state index contributed by atoms with van der Waals surface area (Å²) in [6.07, 6.45) is 5.55. The van der Waals surface area contributed by atoms with Crippen molar-refractivity contribution in [2.45, 2.75) is 71.9 Å². The van der Waals surface area contributed by atoms with Crippen LogP contribution < -0.4 is 5.32 Å². The van der Waals surface area contributed by atoms with E-state index in [4.69, 9.17) is 0 Å². The third-order valence-electron chi connectivity index (χ3n) is 5.12. The van der Waals surface area contributed by atoms with Crippen molar-refractivity contribution in [3.63, 3.8) is 0 Å². The fraction of sp³-hybridized carbons (Fsp3) is 1.00. The lowest BCUT2D eigenvalue weighted by Gasteiger charge is -2.51. The Balaban J connectivity index is 2.05. The summed E-state index contributed by atoms with van der Waals surface area (Å²) in [6.45, 7) is 15.6. The summed E-state index contributed by atoms with van der Waals surface area (Å²) in [7, 11) is 0. The molecule has 0 radical (unpaired) electrons. The highest BCUT2D eigenvalue weighted by atomic mass is 15.3. The van der Waals surface area contributed by atoms with Crippen molar-refractivity contribution in [2.75, 3.05) is 19.6 Å². The van der Waals surface area contributed by atoms with Gasteiger partial charge in [-0.05, 0) is 44.1 Å². The minimum absolute atomic E-state index is 0.370. The van der Waals surface area contributed by atoms with E-state index < -0.39 is 0 Å². The Kier molecular flexibility index (Phi) is 4.08. The Bertz CT molecular complexity index is 277. The predicted octanol–water partition coefficient (Wildman–Crippen LogP) is 3.28. The van der Waals surface area contributed by atoms with Crippen LogP contribution in [0.25, 0.3) is 0 Å². The molecule has 0 aromatic heterocycles. The van der Waals surface area contributed by atoms with E-state index in [1.54, 1.807) is 0 Å². The van der Waals surface area contributed by atoms with Gasteiger partial charge in [-0.15, -0.1) is 0 Å². The van der Waals surface area contributed by atoms with Crippen molar-refractivity contribution in [1.29, 1.82) is 0 Å². The van der Waals surface area contributed by atoms with Gasteiger partial charge < -0.3 is 5.32 Å². The number of nitrogens with one attached hydrogen (secondary N) is 1. The van der Waals surface area contributed by atoms with Crippen LogP contribution in [0, 0.1) is 11.3 Å². The summed E-state index contributed by atoms with van der Waals surface area (Å²) in [5.41, 5.74) is 0.798. The lowest BCUT2D eigenvalue weighted by Crippen LogP contribution is -2.66. The van der Waals surface area contributed by atoms with E-state index in [2.05, 4.69) is 44.8 Å². The third kappa shape index (κ3) is 2.91. The van der Waals surface area contributed by atoms with Crippen LogP contribution in [0.4, 0.5) is 0 Å². The van der Waals surface area contributed by atoms with E-state index in [0.29, 0.717) is 17.0 Å². The Morgan fingerprint density at radius 3 is 2.44 bits per heavy atom. The van der Waals surface area contributed by atoms with Gasteiger partial charge in [-0.25, -0.2) is 0 Å². The molecule has 1 saturated carbocycles. The summed E-state index contributed by atoms with van der Waals surface area (Å²) < 4.78 is 0. The van der Waals surface area contributed by atoms with Crippen LogP contribution in [0.15, 0.2) is 0 Å². The quantitative estimate of drug-likeness (QED) is 0.826. The average molecular weight is 252 g/mol. The number of rotatable bonds is 4. The molecule has 2 rings (SSSR count). The molecule has 18 heavy (non-hydrogen) atoms. The van der Waals surface area contributed by atoms with E-state index in [-0.39, 0.29) is 0 Å². The molecule has 0 bridgehead atoms. The van der Waals surface area contributed by atoms with Crippen LogP contribution >= 0.6 is 0 Å². The zero-order valence-corrected chi connectivity index (χ0v) is 13.1. The zero-order chi connectivity index (χ0) is 13.4. The third-order valence-corrected chi connectivity index (χ3v) is 5.12. The highest BCUT2D eigenvalue weighted by Gasteiger charge is 2.49. The fourth-order valence-electron chi connectivity index (χ4n) is 3.32. The molecule has 2 nitrogen and oxygen atoms in total. The first kappa shape index (κ1) is 14.3. The average Bonchev–Trinajstić information content (AvgIpc) is 3.10. The van der Waals surface area contributed by atoms with Crippen LogP contribution in [-0.2, 0) is 0 Å². The lowest BCUT2D eigenvalue weighted by atomic mass is 9.81. The van der Waals surface area contributed by atoms with Gasteiger partial charge in [0.1, 0.15) is 0 Å². The second-order valence-corrected chi connectivity index (χ2v) is 7.73. The van der Waals surface area contributed by atoms with Crippen molar-refractivity contribution in [2.24, 2.45) is 11.3 Å². The van der Waals surface area contributed by atoms with Gasteiger partial charge >= 0.3 is 0 Å². The second kappa shape index (κ2) is 5.13. The van der Waals surface area contributed by atoms with Gasteiger partial charge in [0.15, 0.2) is 0 Å². The van der Waals surface area contributed by atoms with Gasteiger partial charge in [-0.3, -0.25) is 4.90 Å². The maximum Gasteiger partial charge on any atom is 0.0334 e. The molecule has 2 fully saturated rings. The molecule has 0 aromatic rings. The van der Waals surface area contributed by atoms with Gasteiger partial charge in [0.25, 0.3) is 0 Å².